The average molecular weight is 373 g/mol. The summed E-state index contributed by atoms with van der Waals surface area (Å²) in [5, 5.41) is 8.91. The van der Waals surface area contributed by atoms with Crippen LogP contribution in [0, 0.1) is 11.3 Å². The highest BCUT2D eigenvalue weighted by Gasteiger charge is 2.50. The van der Waals surface area contributed by atoms with Crippen LogP contribution in [0.4, 0.5) is 0 Å². The van der Waals surface area contributed by atoms with Crippen LogP contribution in [-0.2, 0) is 4.79 Å². The fourth-order valence-electron chi connectivity index (χ4n) is 4.55. The second-order valence-electron chi connectivity index (χ2n) is 7.77. The lowest BCUT2D eigenvalue weighted by Crippen LogP contribution is -2.52. The molecule has 142 valence electrons. The van der Waals surface area contributed by atoms with Gasteiger partial charge in [-0.25, -0.2) is 0 Å². The number of amides is 2. The molecule has 0 N–H and O–H groups in total. The molecule has 0 aliphatic carbocycles. The molecule has 1 spiro atoms. The van der Waals surface area contributed by atoms with Gasteiger partial charge in [0.05, 0.1) is 17.6 Å². The summed E-state index contributed by atoms with van der Waals surface area (Å²) in [6, 6.07) is 18.8. The van der Waals surface area contributed by atoms with Crippen LogP contribution in [0.25, 0.3) is 0 Å². The average Bonchev–Trinajstić information content (AvgIpc) is 3.00. The zero-order chi connectivity index (χ0) is 19.7. The number of benzene rings is 2. The van der Waals surface area contributed by atoms with Gasteiger partial charge >= 0.3 is 0 Å². The summed E-state index contributed by atoms with van der Waals surface area (Å²) in [6.45, 7) is 1.27. The van der Waals surface area contributed by atoms with Crippen LogP contribution < -0.4 is 0 Å². The Morgan fingerprint density at radius 1 is 1.07 bits per heavy atom. The molecule has 2 fully saturated rings. The van der Waals surface area contributed by atoms with E-state index in [1.54, 1.807) is 24.3 Å². The number of piperidine rings is 1. The molecule has 1 atom stereocenters. The molecule has 0 saturated carbocycles. The normalized spacial score (nSPS) is 21.0. The van der Waals surface area contributed by atoms with E-state index < -0.39 is 0 Å². The van der Waals surface area contributed by atoms with Crippen molar-refractivity contribution >= 4 is 11.8 Å². The van der Waals surface area contributed by atoms with Crippen molar-refractivity contribution in [3.05, 3.63) is 71.3 Å². The highest BCUT2D eigenvalue weighted by Crippen LogP contribution is 2.44. The number of nitrogens with zero attached hydrogens (tertiary/aromatic N) is 3. The van der Waals surface area contributed by atoms with Gasteiger partial charge in [-0.05, 0) is 49.1 Å². The number of hydrogen-bond acceptors (Lipinski definition) is 3. The Hall–Kier alpha value is -3.13. The minimum Gasteiger partial charge on any atom is -0.339 e. The van der Waals surface area contributed by atoms with Gasteiger partial charge in [0.15, 0.2) is 0 Å². The predicted molar refractivity (Wildman–Crippen MR) is 106 cm³/mol. The lowest BCUT2D eigenvalue weighted by Gasteiger charge is -2.43. The van der Waals surface area contributed by atoms with Gasteiger partial charge in [0, 0.05) is 31.2 Å². The van der Waals surface area contributed by atoms with Crippen LogP contribution in [0.5, 0.6) is 0 Å². The molecule has 4 rings (SSSR count). The van der Waals surface area contributed by atoms with Crippen LogP contribution in [-0.4, -0.2) is 47.3 Å². The smallest absolute Gasteiger partial charge is 0.253 e. The van der Waals surface area contributed by atoms with E-state index in [1.807, 2.05) is 47.2 Å². The first-order valence-corrected chi connectivity index (χ1v) is 9.66. The summed E-state index contributed by atoms with van der Waals surface area (Å²) in [7, 11) is 1.91. The molecular formula is C23H23N3O2. The lowest BCUT2D eigenvalue weighted by atomic mass is 9.81. The van der Waals surface area contributed by atoms with E-state index in [9.17, 15) is 9.59 Å². The van der Waals surface area contributed by atoms with Crippen LogP contribution in [0.15, 0.2) is 54.6 Å². The summed E-state index contributed by atoms with van der Waals surface area (Å²) < 4.78 is 0. The summed E-state index contributed by atoms with van der Waals surface area (Å²) in [6.07, 6.45) is 2.40. The molecule has 2 saturated heterocycles. The van der Waals surface area contributed by atoms with Gasteiger partial charge in [-0.15, -0.1) is 0 Å². The maximum Gasteiger partial charge on any atom is 0.253 e. The molecule has 2 amide bonds. The van der Waals surface area contributed by atoms with E-state index >= 15 is 0 Å². The third-order valence-corrected chi connectivity index (χ3v) is 6.37. The third-order valence-electron chi connectivity index (χ3n) is 6.37. The van der Waals surface area contributed by atoms with Crippen LogP contribution in [0.3, 0.4) is 0 Å². The molecule has 2 aliphatic heterocycles. The molecule has 0 bridgehead atoms. The van der Waals surface area contributed by atoms with E-state index in [-0.39, 0.29) is 23.3 Å². The van der Waals surface area contributed by atoms with Crippen LogP contribution in [0.1, 0.15) is 46.7 Å². The molecule has 2 aromatic carbocycles. The molecule has 2 heterocycles. The molecule has 0 radical (unpaired) electrons. The first-order valence-electron chi connectivity index (χ1n) is 9.66. The molecule has 0 aromatic heterocycles. The predicted octanol–water partition coefficient (Wildman–Crippen LogP) is 3.18. The van der Waals surface area contributed by atoms with Crippen molar-refractivity contribution in [3.63, 3.8) is 0 Å². The Bertz CT molecular complexity index is 923. The topological polar surface area (TPSA) is 64.4 Å². The van der Waals surface area contributed by atoms with Gasteiger partial charge < -0.3 is 9.80 Å². The fraction of sp³-hybridized carbons (Fsp3) is 0.348. The molecule has 2 aromatic rings. The summed E-state index contributed by atoms with van der Waals surface area (Å²) in [4.78, 5) is 29.5. The molecule has 2 aliphatic rings. The fourth-order valence-corrected chi connectivity index (χ4v) is 4.55. The molecule has 5 nitrogen and oxygen atoms in total. The molecule has 5 heteroatoms. The monoisotopic (exact) mass is 373 g/mol. The van der Waals surface area contributed by atoms with E-state index in [2.05, 4.69) is 6.07 Å². The molecule has 1 unspecified atom stereocenters. The highest BCUT2D eigenvalue weighted by molar-refractivity contribution is 5.94. The van der Waals surface area contributed by atoms with Gasteiger partial charge in [-0.3, -0.25) is 9.59 Å². The van der Waals surface area contributed by atoms with Gasteiger partial charge in [-0.2, -0.15) is 5.26 Å². The number of carbonyl (C=O) groups excluding carboxylic acids is 2. The summed E-state index contributed by atoms with van der Waals surface area (Å²) in [5.74, 6) is 0.0796. The largest absolute Gasteiger partial charge is 0.339 e. The van der Waals surface area contributed by atoms with Crippen molar-refractivity contribution in [1.29, 1.82) is 5.26 Å². The zero-order valence-electron chi connectivity index (χ0n) is 16.0. The SMILES string of the molecule is CN1C(=O)C(c2ccccc2)CC12CCN(C(=O)c1ccc(C#N)cc1)CC2. The quantitative estimate of drug-likeness (QED) is 0.812. The van der Waals surface area contributed by atoms with Crippen molar-refractivity contribution in [2.75, 3.05) is 20.1 Å². The van der Waals surface area contributed by atoms with Gasteiger partial charge in [-0.1, -0.05) is 30.3 Å². The third kappa shape index (κ3) is 3.05. The number of hydrogen-bond donors (Lipinski definition) is 0. The number of nitriles is 1. The second-order valence-corrected chi connectivity index (χ2v) is 7.77. The van der Waals surface area contributed by atoms with Crippen LogP contribution in [0.2, 0.25) is 0 Å². The minimum absolute atomic E-state index is 0.00840. The summed E-state index contributed by atoms with van der Waals surface area (Å²) in [5.41, 5.74) is 2.06. The number of likely N-dealkylation sites (N-methyl/N-ethyl adjacent to an activating group) is 1. The van der Waals surface area contributed by atoms with E-state index in [1.165, 1.54) is 0 Å². The summed E-state index contributed by atoms with van der Waals surface area (Å²) >= 11 is 0. The van der Waals surface area contributed by atoms with Crippen molar-refractivity contribution in [1.82, 2.24) is 9.80 Å². The Balaban J connectivity index is 1.46. The zero-order valence-corrected chi connectivity index (χ0v) is 16.0. The minimum atomic E-state index is -0.168. The Labute approximate surface area is 165 Å². The lowest BCUT2D eigenvalue weighted by molar-refractivity contribution is -0.131. The first kappa shape index (κ1) is 18.2. The second kappa shape index (κ2) is 7.12. The number of carbonyl (C=O) groups is 2. The first-order chi connectivity index (χ1) is 13.5. The number of rotatable bonds is 2. The van der Waals surface area contributed by atoms with Crippen molar-refractivity contribution in [2.24, 2.45) is 0 Å². The van der Waals surface area contributed by atoms with Gasteiger partial charge in [0.25, 0.3) is 5.91 Å². The van der Waals surface area contributed by atoms with Crippen molar-refractivity contribution < 1.29 is 9.59 Å². The Morgan fingerprint density at radius 2 is 1.71 bits per heavy atom. The van der Waals surface area contributed by atoms with Gasteiger partial charge in [0.2, 0.25) is 5.91 Å². The van der Waals surface area contributed by atoms with E-state index in [0.717, 1.165) is 24.8 Å². The molecular weight excluding hydrogens is 350 g/mol. The molecule has 28 heavy (non-hydrogen) atoms. The van der Waals surface area contributed by atoms with Crippen molar-refractivity contribution in [3.8, 4) is 6.07 Å². The van der Waals surface area contributed by atoms with E-state index in [4.69, 9.17) is 5.26 Å². The highest BCUT2D eigenvalue weighted by atomic mass is 16.2. The Morgan fingerprint density at radius 3 is 2.32 bits per heavy atom. The maximum atomic E-state index is 12.9. The van der Waals surface area contributed by atoms with Crippen molar-refractivity contribution in [2.45, 2.75) is 30.7 Å². The van der Waals surface area contributed by atoms with Gasteiger partial charge in [0.1, 0.15) is 0 Å². The maximum absolute atomic E-state index is 12.9. The number of likely N-dealkylation sites (tertiary alicyclic amines) is 2. The van der Waals surface area contributed by atoms with E-state index in [0.29, 0.717) is 24.2 Å². The van der Waals surface area contributed by atoms with Crippen LogP contribution >= 0.6 is 0 Å². The standard InChI is InChI=1S/C23H23N3O2/c1-25-22(28)20(18-5-3-2-4-6-18)15-23(25)11-13-26(14-12-23)21(27)19-9-7-17(16-24)8-10-19/h2-10,20H,11-15H2,1H3. The Kier molecular flexibility index (Phi) is 4.64.